The van der Waals surface area contributed by atoms with Gasteiger partial charge in [-0.1, -0.05) is 18.2 Å². The molecule has 1 rings (SSSR count). The molecule has 0 atom stereocenters. The van der Waals surface area contributed by atoms with Crippen molar-refractivity contribution in [3.05, 3.63) is 29.8 Å². The predicted octanol–water partition coefficient (Wildman–Crippen LogP) is 3.06. The first-order chi connectivity index (χ1) is 9.21. The van der Waals surface area contributed by atoms with E-state index in [-0.39, 0.29) is 5.97 Å². The number of carbonyl (C=O) groups excluding carboxylic acids is 1. The molecule has 4 heteroatoms. The second kappa shape index (κ2) is 8.19. The quantitative estimate of drug-likeness (QED) is 0.561. The largest absolute Gasteiger partial charge is 0.493 e. The summed E-state index contributed by atoms with van der Waals surface area (Å²) in [6.45, 7) is 2.41. The van der Waals surface area contributed by atoms with Gasteiger partial charge in [-0.15, -0.1) is 0 Å². The fraction of sp³-hybridized carbons (Fsp3) is 0.400. The number of esters is 1. The number of rotatable bonds is 7. The highest BCUT2D eigenvalue weighted by Crippen LogP contribution is 2.28. The lowest BCUT2D eigenvalue weighted by atomic mass is 10.2. The van der Waals surface area contributed by atoms with Gasteiger partial charge in [0.15, 0.2) is 11.5 Å². The molecule has 0 spiro atoms. The van der Waals surface area contributed by atoms with Crippen LogP contribution in [0, 0.1) is 0 Å². The maximum atomic E-state index is 11.0. The highest BCUT2D eigenvalue weighted by atomic mass is 16.5. The van der Waals surface area contributed by atoms with Gasteiger partial charge in [-0.05, 0) is 31.0 Å². The van der Waals surface area contributed by atoms with Gasteiger partial charge in [0.05, 0.1) is 20.8 Å². The summed E-state index contributed by atoms with van der Waals surface area (Å²) in [4.78, 5) is 11.0. The molecule has 0 aliphatic heterocycles. The van der Waals surface area contributed by atoms with Crippen LogP contribution in [-0.2, 0) is 9.53 Å². The summed E-state index contributed by atoms with van der Waals surface area (Å²) in [6.07, 6.45) is 4.93. The average molecular weight is 264 g/mol. The second-order valence-electron chi connectivity index (χ2n) is 3.94. The van der Waals surface area contributed by atoms with Gasteiger partial charge in [0.25, 0.3) is 0 Å². The second-order valence-corrected chi connectivity index (χ2v) is 3.94. The molecule has 0 saturated carbocycles. The zero-order valence-corrected chi connectivity index (χ0v) is 11.6. The van der Waals surface area contributed by atoms with E-state index in [0.29, 0.717) is 30.9 Å². The topological polar surface area (TPSA) is 44.8 Å². The number of hydrogen-bond donors (Lipinski definition) is 0. The third-order valence-corrected chi connectivity index (χ3v) is 2.56. The molecular formula is C15H20O4. The van der Waals surface area contributed by atoms with Crippen molar-refractivity contribution < 1.29 is 19.0 Å². The average Bonchev–Trinajstić information content (AvgIpc) is 2.44. The van der Waals surface area contributed by atoms with Gasteiger partial charge in [0.1, 0.15) is 0 Å². The van der Waals surface area contributed by atoms with Crippen LogP contribution >= 0.6 is 0 Å². The summed E-state index contributed by atoms with van der Waals surface area (Å²) in [5.41, 5.74) is 1.06. The van der Waals surface area contributed by atoms with Gasteiger partial charge >= 0.3 is 5.97 Å². The molecule has 0 amide bonds. The van der Waals surface area contributed by atoms with Crippen molar-refractivity contribution in [2.75, 3.05) is 20.8 Å². The number of benzene rings is 1. The minimum absolute atomic E-state index is 0.223. The number of ether oxygens (including phenoxy) is 3. The van der Waals surface area contributed by atoms with Gasteiger partial charge in [0.2, 0.25) is 0 Å². The molecule has 0 unspecified atom stereocenters. The van der Waals surface area contributed by atoms with E-state index in [4.69, 9.17) is 9.47 Å². The molecule has 0 bridgehead atoms. The monoisotopic (exact) mass is 264 g/mol. The predicted molar refractivity (Wildman–Crippen MR) is 74.4 cm³/mol. The lowest BCUT2D eigenvalue weighted by Crippen LogP contribution is -2.05. The van der Waals surface area contributed by atoms with Crippen molar-refractivity contribution in [2.45, 2.75) is 19.8 Å². The van der Waals surface area contributed by atoms with E-state index >= 15 is 0 Å². The van der Waals surface area contributed by atoms with Crippen molar-refractivity contribution in [3.8, 4) is 11.5 Å². The molecule has 0 aliphatic rings. The molecule has 19 heavy (non-hydrogen) atoms. The van der Waals surface area contributed by atoms with Gasteiger partial charge < -0.3 is 14.2 Å². The highest BCUT2D eigenvalue weighted by Gasteiger charge is 2.05. The molecule has 0 saturated heterocycles. The summed E-state index contributed by atoms with van der Waals surface area (Å²) in [5, 5.41) is 0. The zero-order chi connectivity index (χ0) is 14.1. The lowest BCUT2D eigenvalue weighted by molar-refractivity contribution is -0.140. The van der Waals surface area contributed by atoms with Crippen molar-refractivity contribution in [1.82, 2.24) is 0 Å². The van der Waals surface area contributed by atoms with Crippen LogP contribution in [0.4, 0.5) is 0 Å². The van der Waals surface area contributed by atoms with E-state index in [9.17, 15) is 4.79 Å². The smallest absolute Gasteiger partial charge is 0.305 e. The Morgan fingerprint density at radius 1 is 1.26 bits per heavy atom. The number of carbonyl (C=O) groups is 1. The summed E-state index contributed by atoms with van der Waals surface area (Å²) in [5.74, 6) is 1.15. The molecule has 0 aromatic heterocycles. The Kier molecular flexibility index (Phi) is 6.50. The van der Waals surface area contributed by atoms with Crippen molar-refractivity contribution in [2.24, 2.45) is 0 Å². The van der Waals surface area contributed by atoms with Gasteiger partial charge in [0, 0.05) is 6.42 Å². The Balaban J connectivity index is 2.55. The molecule has 1 aromatic carbocycles. The first kappa shape index (κ1) is 15.1. The number of allylic oxidation sites excluding steroid dienone is 1. The van der Waals surface area contributed by atoms with E-state index in [2.05, 4.69) is 4.74 Å². The van der Waals surface area contributed by atoms with E-state index in [1.54, 1.807) is 7.11 Å². The fourth-order valence-electron chi connectivity index (χ4n) is 1.60. The van der Waals surface area contributed by atoms with Crippen molar-refractivity contribution in [1.29, 1.82) is 0 Å². The van der Waals surface area contributed by atoms with E-state index in [1.165, 1.54) is 7.11 Å². The molecule has 0 N–H and O–H groups in total. The molecule has 0 fully saturated rings. The minimum atomic E-state index is -0.223. The maximum Gasteiger partial charge on any atom is 0.305 e. The summed E-state index contributed by atoms with van der Waals surface area (Å²) >= 11 is 0. The van der Waals surface area contributed by atoms with Crippen LogP contribution in [-0.4, -0.2) is 26.8 Å². The first-order valence-electron chi connectivity index (χ1n) is 6.21. The van der Waals surface area contributed by atoms with Crippen LogP contribution < -0.4 is 9.47 Å². The normalized spacial score (nSPS) is 10.5. The molecule has 104 valence electrons. The van der Waals surface area contributed by atoms with E-state index < -0.39 is 0 Å². The molecule has 0 radical (unpaired) electrons. The first-order valence-corrected chi connectivity index (χ1v) is 6.21. The van der Waals surface area contributed by atoms with Gasteiger partial charge in [-0.25, -0.2) is 0 Å². The van der Waals surface area contributed by atoms with Crippen molar-refractivity contribution in [3.63, 3.8) is 0 Å². The van der Waals surface area contributed by atoms with Crippen LogP contribution in [0.2, 0.25) is 0 Å². The number of hydrogen-bond acceptors (Lipinski definition) is 4. The number of methoxy groups -OCH3 is 2. The van der Waals surface area contributed by atoms with Crippen LogP contribution in [0.1, 0.15) is 25.3 Å². The summed E-state index contributed by atoms with van der Waals surface area (Å²) in [7, 11) is 2.99. The Hall–Kier alpha value is -1.97. The molecule has 0 aliphatic carbocycles. The van der Waals surface area contributed by atoms with Gasteiger partial charge in [-0.3, -0.25) is 4.79 Å². The highest BCUT2D eigenvalue weighted by molar-refractivity contribution is 5.69. The van der Waals surface area contributed by atoms with Crippen LogP contribution in [0.3, 0.4) is 0 Å². The Morgan fingerprint density at radius 3 is 2.68 bits per heavy atom. The summed E-state index contributed by atoms with van der Waals surface area (Å²) in [6, 6.07) is 5.74. The molecule has 4 nitrogen and oxygen atoms in total. The van der Waals surface area contributed by atoms with E-state index in [0.717, 1.165) is 5.56 Å². The lowest BCUT2D eigenvalue weighted by Gasteiger charge is -2.11. The zero-order valence-electron chi connectivity index (χ0n) is 11.6. The Bertz CT molecular complexity index is 438. The Labute approximate surface area is 114 Å². The van der Waals surface area contributed by atoms with Gasteiger partial charge in [-0.2, -0.15) is 0 Å². The molecular weight excluding hydrogens is 244 g/mol. The Morgan fingerprint density at radius 2 is 2.05 bits per heavy atom. The SMILES string of the molecule is C/C=C\c1ccc(OCCCC(=O)OC)c(OC)c1. The van der Waals surface area contributed by atoms with Crippen LogP contribution in [0.25, 0.3) is 6.08 Å². The van der Waals surface area contributed by atoms with Crippen molar-refractivity contribution >= 4 is 12.0 Å². The van der Waals surface area contributed by atoms with Crippen LogP contribution in [0.15, 0.2) is 24.3 Å². The fourth-order valence-corrected chi connectivity index (χ4v) is 1.60. The van der Waals surface area contributed by atoms with Crippen LogP contribution in [0.5, 0.6) is 11.5 Å². The molecule has 1 aromatic rings. The summed E-state index contributed by atoms with van der Waals surface area (Å²) < 4.78 is 15.4. The minimum Gasteiger partial charge on any atom is -0.493 e. The van der Waals surface area contributed by atoms with E-state index in [1.807, 2.05) is 37.3 Å². The standard InChI is InChI=1S/C15H20O4/c1-4-6-12-8-9-13(14(11-12)17-2)19-10-5-7-15(16)18-3/h4,6,8-9,11H,5,7,10H2,1-3H3/b6-4-. The third-order valence-electron chi connectivity index (χ3n) is 2.56. The third kappa shape index (κ3) is 5.04. The molecule has 0 heterocycles. The maximum absolute atomic E-state index is 11.0.